The number of likely N-dealkylation sites (tertiary alicyclic amines) is 1. The summed E-state index contributed by atoms with van der Waals surface area (Å²) < 4.78 is 5.21. The molecule has 132 valence electrons. The Morgan fingerprint density at radius 3 is 2.54 bits per heavy atom. The van der Waals surface area contributed by atoms with Crippen LogP contribution < -0.4 is 5.73 Å². The van der Waals surface area contributed by atoms with Crippen LogP contribution in [0.1, 0.15) is 44.1 Å². The molecule has 1 atom stereocenters. The van der Waals surface area contributed by atoms with Crippen LogP contribution in [0, 0.1) is 0 Å². The molecule has 1 saturated heterocycles. The lowest BCUT2D eigenvalue weighted by Crippen LogP contribution is -2.38. The summed E-state index contributed by atoms with van der Waals surface area (Å²) in [5.74, 6) is -0.309. The number of esters is 1. The summed E-state index contributed by atoms with van der Waals surface area (Å²) in [6.07, 6.45) is 5.65. The van der Waals surface area contributed by atoms with E-state index in [0.717, 1.165) is 38.8 Å². The second-order valence-electron chi connectivity index (χ2n) is 6.34. The highest BCUT2D eigenvalue weighted by molar-refractivity contribution is 5.79. The summed E-state index contributed by atoms with van der Waals surface area (Å²) in [5.41, 5.74) is 7.07. The number of piperidine rings is 1. The highest BCUT2D eigenvalue weighted by atomic mass is 16.5. The first-order valence-corrected chi connectivity index (χ1v) is 8.91. The van der Waals surface area contributed by atoms with E-state index in [4.69, 9.17) is 10.5 Å². The summed E-state index contributed by atoms with van der Waals surface area (Å²) in [6, 6.07) is 9.37. The number of amides is 1. The minimum atomic E-state index is -0.713. The van der Waals surface area contributed by atoms with E-state index in [0.29, 0.717) is 19.4 Å². The van der Waals surface area contributed by atoms with Crippen molar-refractivity contribution in [3.63, 3.8) is 0 Å². The fourth-order valence-corrected chi connectivity index (χ4v) is 2.90. The second kappa shape index (κ2) is 10.1. The van der Waals surface area contributed by atoms with Gasteiger partial charge in [-0.15, -0.1) is 0 Å². The zero-order valence-electron chi connectivity index (χ0n) is 14.3. The molecule has 0 aromatic heterocycles. The highest BCUT2D eigenvalue weighted by Crippen LogP contribution is 2.11. The lowest BCUT2D eigenvalue weighted by atomic mass is 10.1. The number of carbonyl (C=O) groups is 2. The topological polar surface area (TPSA) is 72.6 Å². The van der Waals surface area contributed by atoms with Crippen molar-refractivity contribution in [1.82, 2.24) is 4.90 Å². The summed E-state index contributed by atoms with van der Waals surface area (Å²) >= 11 is 0. The zero-order valence-corrected chi connectivity index (χ0v) is 14.3. The van der Waals surface area contributed by atoms with Gasteiger partial charge in [0.15, 0.2) is 0 Å². The van der Waals surface area contributed by atoms with Crippen LogP contribution in [-0.4, -0.2) is 42.5 Å². The number of carbonyl (C=O) groups excluding carboxylic acids is 2. The Kier molecular flexibility index (Phi) is 7.75. The van der Waals surface area contributed by atoms with Gasteiger partial charge in [-0.1, -0.05) is 30.3 Å². The van der Waals surface area contributed by atoms with Crippen molar-refractivity contribution in [3.8, 4) is 0 Å². The number of benzene rings is 1. The molecule has 24 heavy (non-hydrogen) atoms. The van der Waals surface area contributed by atoms with Crippen molar-refractivity contribution in [1.29, 1.82) is 0 Å². The van der Waals surface area contributed by atoms with E-state index in [1.54, 1.807) is 0 Å². The van der Waals surface area contributed by atoms with Gasteiger partial charge in [-0.3, -0.25) is 9.59 Å². The van der Waals surface area contributed by atoms with E-state index in [9.17, 15) is 9.59 Å². The Morgan fingerprint density at radius 2 is 1.83 bits per heavy atom. The smallest absolute Gasteiger partial charge is 0.322 e. The Hall–Kier alpha value is -1.88. The molecular formula is C19H28N2O3. The number of rotatable bonds is 8. The molecule has 0 unspecified atom stereocenters. The van der Waals surface area contributed by atoms with Gasteiger partial charge in [0.1, 0.15) is 6.04 Å². The third-order valence-electron chi connectivity index (χ3n) is 4.38. The van der Waals surface area contributed by atoms with E-state index >= 15 is 0 Å². The van der Waals surface area contributed by atoms with E-state index in [2.05, 4.69) is 12.1 Å². The largest absolute Gasteiger partial charge is 0.465 e. The molecule has 1 aliphatic rings. The van der Waals surface area contributed by atoms with Gasteiger partial charge in [0.2, 0.25) is 5.91 Å². The van der Waals surface area contributed by atoms with Crippen LogP contribution in [0.15, 0.2) is 30.3 Å². The number of hydrogen-bond donors (Lipinski definition) is 1. The summed E-state index contributed by atoms with van der Waals surface area (Å²) in [4.78, 5) is 25.8. The van der Waals surface area contributed by atoms with Crippen LogP contribution in [0.4, 0.5) is 0 Å². The Labute approximate surface area is 144 Å². The zero-order chi connectivity index (χ0) is 17.2. The average Bonchev–Trinajstić information content (AvgIpc) is 2.64. The standard InChI is InChI=1S/C19H28N2O3/c20-17(11-12-18(22)21-13-5-2-6-14-21)19(23)24-15-7-10-16-8-3-1-4-9-16/h1,3-4,8-9,17H,2,5-7,10-15,20H2/t17-/m1/s1. The van der Waals surface area contributed by atoms with Crippen molar-refractivity contribution in [2.45, 2.75) is 51.0 Å². The maximum Gasteiger partial charge on any atom is 0.322 e. The number of aryl methyl sites for hydroxylation is 1. The van der Waals surface area contributed by atoms with Gasteiger partial charge in [0, 0.05) is 19.5 Å². The molecular weight excluding hydrogens is 304 g/mol. The molecule has 1 aromatic rings. The summed E-state index contributed by atoms with van der Waals surface area (Å²) in [5, 5.41) is 0. The fraction of sp³-hybridized carbons (Fsp3) is 0.579. The number of nitrogens with zero attached hydrogens (tertiary/aromatic N) is 1. The fourth-order valence-electron chi connectivity index (χ4n) is 2.90. The van der Waals surface area contributed by atoms with Crippen LogP contribution >= 0.6 is 0 Å². The molecule has 0 aliphatic carbocycles. The molecule has 0 saturated carbocycles. The maximum absolute atomic E-state index is 12.1. The van der Waals surface area contributed by atoms with Crippen molar-refractivity contribution >= 4 is 11.9 Å². The van der Waals surface area contributed by atoms with Gasteiger partial charge in [-0.05, 0) is 44.1 Å². The van der Waals surface area contributed by atoms with Crippen molar-refractivity contribution in [3.05, 3.63) is 35.9 Å². The third kappa shape index (κ3) is 6.32. The second-order valence-corrected chi connectivity index (χ2v) is 6.34. The normalized spacial score (nSPS) is 15.8. The molecule has 2 rings (SSSR count). The van der Waals surface area contributed by atoms with Gasteiger partial charge in [-0.25, -0.2) is 0 Å². The van der Waals surface area contributed by atoms with Gasteiger partial charge >= 0.3 is 5.97 Å². The van der Waals surface area contributed by atoms with Crippen LogP contribution in [0.25, 0.3) is 0 Å². The molecule has 1 aromatic carbocycles. The molecule has 1 amide bonds. The first kappa shape index (κ1) is 18.5. The first-order valence-electron chi connectivity index (χ1n) is 8.91. The molecule has 0 radical (unpaired) electrons. The number of nitrogens with two attached hydrogens (primary N) is 1. The minimum Gasteiger partial charge on any atom is -0.465 e. The minimum absolute atomic E-state index is 0.0991. The van der Waals surface area contributed by atoms with Crippen molar-refractivity contribution in [2.75, 3.05) is 19.7 Å². The molecule has 1 aliphatic heterocycles. The number of ether oxygens (including phenoxy) is 1. The third-order valence-corrected chi connectivity index (χ3v) is 4.38. The molecule has 5 nitrogen and oxygen atoms in total. The summed E-state index contributed by atoms with van der Waals surface area (Å²) in [7, 11) is 0. The lowest BCUT2D eigenvalue weighted by molar-refractivity contribution is -0.145. The molecule has 2 N–H and O–H groups in total. The van der Waals surface area contributed by atoms with E-state index in [-0.39, 0.29) is 5.91 Å². The monoisotopic (exact) mass is 332 g/mol. The van der Waals surface area contributed by atoms with Crippen molar-refractivity contribution in [2.24, 2.45) is 5.73 Å². The Morgan fingerprint density at radius 1 is 1.12 bits per heavy atom. The predicted molar refractivity (Wildman–Crippen MR) is 93.4 cm³/mol. The van der Waals surface area contributed by atoms with Crippen LogP contribution in [0.5, 0.6) is 0 Å². The van der Waals surface area contributed by atoms with Crippen molar-refractivity contribution < 1.29 is 14.3 Å². The van der Waals surface area contributed by atoms with E-state index < -0.39 is 12.0 Å². The van der Waals surface area contributed by atoms with E-state index in [1.807, 2.05) is 23.1 Å². The van der Waals surface area contributed by atoms with Gasteiger partial charge in [0.05, 0.1) is 6.61 Å². The van der Waals surface area contributed by atoms with Gasteiger partial charge < -0.3 is 15.4 Å². The van der Waals surface area contributed by atoms with Crippen LogP contribution in [0.2, 0.25) is 0 Å². The van der Waals surface area contributed by atoms with Crippen LogP contribution in [-0.2, 0) is 20.7 Å². The number of hydrogen-bond acceptors (Lipinski definition) is 4. The molecule has 1 heterocycles. The lowest BCUT2D eigenvalue weighted by Gasteiger charge is -2.27. The quantitative estimate of drug-likeness (QED) is 0.585. The average molecular weight is 332 g/mol. The Balaban J connectivity index is 1.58. The van der Waals surface area contributed by atoms with E-state index in [1.165, 1.54) is 12.0 Å². The van der Waals surface area contributed by atoms with Gasteiger partial charge in [0.25, 0.3) is 0 Å². The molecule has 0 bridgehead atoms. The predicted octanol–water partition coefficient (Wildman–Crippen LogP) is 2.28. The highest BCUT2D eigenvalue weighted by Gasteiger charge is 2.20. The molecule has 0 spiro atoms. The maximum atomic E-state index is 12.1. The van der Waals surface area contributed by atoms with Gasteiger partial charge in [-0.2, -0.15) is 0 Å². The SMILES string of the molecule is N[C@H](CCC(=O)N1CCCCC1)C(=O)OCCCc1ccccc1. The summed E-state index contributed by atoms with van der Waals surface area (Å²) in [6.45, 7) is 2.03. The Bertz CT molecular complexity index is 513. The van der Waals surface area contributed by atoms with Crippen LogP contribution in [0.3, 0.4) is 0 Å². The first-order chi connectivity index (χ1) is 11.7. The molecule has 5 heteroatoms. The molecule has 1 fully saturated rings.